The molecule has 0 unspecified atom stereocenters. The summed E-state index contributed by atoms with van der Waals surface area (Å²) >= 11 is 0. The molecular weight excluding hydrogens is 136 g/mol. The predicted molar refractivity (Wildman–Crippen MR) is 35.4 cm³/mol. The number of hydrogen-bond acceptors (Lipinski definition) is 4. The van der Waals surface area contributed by atoms with Crippen molar-refractivity contribution < 1.29 is 19.1 Å². The zero-order valence-corrected chi connectivity index (χ0v) is 6.63. The summed E-state index contributed by atoms with van der Waals surface area (Å²) in [6, 6.07) is 0. The largest absolute Gasteiger partial charge is 0.469 e. The Morgan fingerprint density at radius 2 is 1.00 bits per heavy atom. The van der Waals surface area contributed by atoms with Gasteiger partial charge in [0.1, 0.15) is 0 Å². The van der Waals surface area contributed by atoms with E-state index in [2.05, 4.69) is 9.47 Å². The van der Waals surface area contributed by atoms with Crippen molar-refractivity contribution >= 4 is 11.9 Å². The van der Waals surface area contributed by atoms with Crippen molar-refractivity contribution in [3.05, 3.63) is 0 Å². The summed E-state index contributed by atoms with van der Waals surface area (Å²) in [5.74, 6) is -0.491. The quantitative estimate of drug-likeness (QED) is 0.465. The molecule has 0 bridgehead atoms. The number of esters is 2. The monoisotopic (exact) mass is 148 g/mol. The lowest BCUT2D eigenvalue weighted by Gasteiger charge is -1.80. The van der Waals surface area contributed by atoms with Crippen LogP contribution in [0.4, 0.5) is 0 Å². The summed E-state index contributed by atoms with van der Waals surface area (Å²) in [6.45, 7) is 2.72. The van der Waals surface area contributed by atoms with Crippen molar-refractivity contribution in [3.63, 3.8) is 0 Å². The van der Waals surface area contributed by atoms with E-state index < -0.39 is 0 Å². The van der Waals surface area contributed by atoms with E-state index in [0.29, 0.717) is 0 Å². The van der Waals surface area contributed by atoms with Crippen LogP contribution in [0.2, 0.25) is 0 Å². The van der Waals surface area contributed by atoms with E-state index in [-0.39, 0.29) is 11.9 Å². The fourth-order valence-corrected chi connectivity index (χ4v) is 0. The van der Waals surface area contributed by atoms with Gasteiger partial charge < -0.3 is 9.47 Å². The van der Waals surface area contributed by atoms with Gasteiger partial charge in [-0.15, -0.1) is 0 Å². The lowest BCUT2D eigenvalue weighted by molar-refractivity contribution is -0.138. The van der Waals surface area contributed by atoms with E-state index in [9.17, 15) is 9.59 Å². The van der Waals surface area contributed by atoms with Gasteiger partial charge in [-0.25, -0.2) is 0 Å². The Bertz CT molecular complexity index is 94.3. The fourth-order valence-electron chi connectivity index (χ4n) is 0. The van der Waals surface area contributed by atoms with Crippen LogP contribution in [-0.2, 0) is 19.1 Å². The standard InChI is InChI=1S/2C3H6O2/c2*1-3(4)5-2/h2*1-2H3. The Labute approximate surface area is 60.1 Å². The van der Waals surface area contributed by atoms with Crippen molar-refractivity contribution in [1.29, 1.82) is 0 Å². The third-order valence-electron chi connectivity index (χ3n) is 0.575. The molecule has 0 aromatic heterocycles. The van der Waals surface area contributed by atoms with Crippen molar-refractivity contribution in [2.45, 2.75) is 13.8 Å². The number of ether oxygens (including phenoxy) is 2. The zero-order valence-electron chi connectivity index (χ0n) is 6.63. The molecule has 0 aliphatic rings. The van der Waals surface area contributed by atoms with Gasteiger partial charge in [-0.05, 0) is 0 Å². The first kappa shape index (κ1) is 11.7. The summed E-state index contributed by atoms with van der Waals surface area (Å²) < 4.78 is 8.22. The lowest BCUT2D eigenvalue weighted by atomic mass is 10.8. The Morgan fingerprint density at radius 1 is 0.900 bits per heavy atom. The van der Waals surface area contributed by atoms with Crippen LogP contribution in [0.25, 0.3) is 0 Å². The van der Waals surface area contributed by atoms with E-state index in [0.717, 1.165) is 0 Å². The molecule has 0 radical (unpaired) electrons. The maximum absolute atomic E-state index is 9.59. The van der Waals surface area contributed by atoms with Gasteiger partial charge in [0, 0.05) is 13.8 Å². The highest BCUT2D eigenvalue weighted by Crippen LogP contribution is 1.60. The van der Waals surface area contributed by atoms with E-state index in [1.165, 1.54) is 28.1 Å². The van der Waals surface area contributed by atoms with Crippen LogP contribution < -0.4 is 0 Å². The van der Waals surface area contributed by atoms with Gasteiger partial charge in [-0.1, -0.05) is 0 Å². The molecule has 0 aromatic rings. The van der Waals surface area contributed by atoms with Crippen molar-refractivity contribution in [1.82, 2.24) is 0 Å². The maximum Gasteiger partial charge on any atom is 0.302 e. The Balaban J connectivity index is 0. The van der Waals surface area contributed by atoms with Crippen molar-refractivity contribution in [2.75, 3.05) is 14.2 Å². The number of rotatable bonds is 0. The van der Waals surface area contributed by atoms with Gasteiger partial charge in [-0.2, -0.15) is 0 Å². The third-order valence-corrected chi connectivity index (χ3v) is 0.575. The highest BCUT2D eigenvalue weighted by Gasteiger charge is 1.76. The molecule has 0 saturated heterocycles. The minimum Gasteiger partial charge on any atom is -0.469 e. The molecule has 0 aromatic carbocycles. The molecule has 60 valence electrons. The molecule has 0 fully saturated rings. The zero-order chi connectivity index (χ0) is 8.57. The summed E-state index contributed by atoms with van der Waals surface area (Å²) in [6.07, 6.45) is 0. The Morgan fingerprint density at radius 3 is 1.00 bits per heavy atom. The second-order valence-electron chi connectivity index (χ2n) is 1.39. The van der Waals surface area contributed by atoms with E-state index in [1.54, 1.807) is 0 Å². The number of carbonyl (C=O) groups is 2. The predicted octanol–water partition coefficient (Wildman–Crippen LogP) is 0.359. The van der Waals surface area contributed by atoms with E-state index >= 15 is 0 Å². The highest BCUT2D eigenvalue weighted by atomic mass is 16.5. The van der Waals surface area contributed by atoms with Crippen LogP contribution in [0.5, 0.6) is 0 Å². The molecule has 0 rings (SSSR count). The summed E-state index contributed by atoms with van der Waals surface area (Å²) in [5, 5.41) is 0. The van der Waals surface area contributed by atoms with Crippen molar-refractivity contribution in [2.24, 2.45) is 0 Å². The molecule has 0 aliphatic heterocycles. The lowest BCUT2D eigenvalue weighted by Crippen LogP contribution is -1.88. The molecule has 0 aliphatic carbocycles. The van der Waals surface area contributed by atoms with Crippen LogP contribution in [0.15, 0.2) is 0 Å². The molecule has 0 N–H and O–H groups in total. The average molecular weight is 148 g/mol. The minimum atomic E-state index is -0.245. The Hall–Kier alpha value is -1.06. The van der Waals surface area contributed by atoms with Crippen molar-refractivity contribution in [3.8, 4) is 0 Å². The fraction of sp³-hybridized carbons (Fsp3) is 0.667. The molecular formula is C6H12O4. The van der Waals surface area contributed by atoms with Gasteiger partial charge in [0.25, 0.3) is 0 Å². The van der Waals surface area contributed by atoms with Gasteiger partial charge in [0.2, 0.25) is 0 Å². The SMILES string of the molecule is COC(C)=O.COC(C)=O. The second kappa shape index (κ2) is 7.94. The molecule has 0 spiro atoms. The summed E-state index contributed by atoms with van der Waals surface area (Å²) in [4.78, 5) is 19.2. The second-order valence-corrected chi connectivity index (χ2v) is 1.39. The first-order valence-corrected chi connectivity index (χ1v) is 2.63. The van der Waals surface area contributed by atoms with Gasteiger partial charge in [-0.3, -0.25) is 9.59 Å². The normalized spacial score (nSPS) is 6.80. The smallest absolute Gasteiger partial charge is 0.302 e. The molecule has 0 saturated carbocycles. The molecule has 4 heteroatoms. The number of carbonyl (C=O) groups excluding carboxylic acids is 2. The van der Waals surface area contributed by atoms with Crippen LogP contribution in [-0.4, -0.2) is 26.2 Å². The first-order chi connectivity index (χ1) is 4.54. The van der Waals surface area contributed by atoms with Gasteiger partial charge >= 0.3 is 11.9 Å². The summed E-state index contributed by atoms with van der Waals surface area (Å²) in [5.41, 5.74) is 0. The molecule has 0 atom stereocenters. The van der Waals surface area contributed by atoms with Gasteiger partial charge in [0.05, 0.1) is 14.2 Å². The summed E-state index contributed by atoms with van der Waals surface area (Å²) in [7, 11) is 2.70. The number of hydrogen-bond donors (Lipinski definition) is 0. The topological polar surface area (TPSA) is 52.6 Å². The van der Waals surface area contributed by atoms with Crippen LogP contribution in [0.1, 0.15) is 13.8 Å². The molecule has 0 heterocycles. The highest BCUT2D eigenvalue weighted by molar-refractivity contribution is 5.65. The van der Waals surface area contributed by atoms with E-state index in [1.807, 2.05) is 0 Å². The van der Waals surface area contributed by atoms with Crippen LogP contribution >= 0.6 is 0 Å². The maximum atomic E-state index is 9.59. The van der Waals surface area contributed by atoms with E-state index in [4.69, 9.17) is 0 Å². The Kier molecular flexibility index (Phi) is 9.29. The minimum absolute atomic E-state index is 0.245. The molecule has 4 nitrogen and oxygen atoms in total. The average Bonchev–Trinajstić information content (AvgIpc) is 1.89. The molecule has 10 heavy (non-hydrogen) atoms. The van der Waals surface area contributed by atoms with Gasteiger partial charge in [0.15, 0.2) is 0 Å². The van der Waals surface area contributed by atoms with Crippen LogP contribution in [0, 0.1) is 0 Å². The molecule has 0 amide bonds. The van der Waals surface area contributed by atoms with Crippen LogP contribution in [0.3, 0.4) is 0 Å². The first-order valence-electron chi connectivity index (χ1n) is 2.63. The number of methoxy groups -OCH3 is 2. The third kappa shape index (κ3) is 28.3.